The van der Waals surface area contributed by atoms with Gasteiger partial charge in [0, 0.05) is 12.6 Å². The molecule has 1 heterocycles. The second kappa shape index (κ2) is 7.92. The molecular formula is C20H26F2N2O3. The first-order valence-corrected chi connectivity index (χ1v) is 9.54. The predicted molar refractivity (Wildman–Crippen MR) is 95.9 cm³/mol. The van der Waals surface area contributed by atoms with Gasteiger partial charge in [-0.25, -0.2) is 8.78 Å². The van der Waals surface area contributed by atoms with Gasteiger partial charge in [-0.3, -0.25) is 14.5 Å². The molecule has 5 nitrogen and oxygen atoms in total. The highest BCUT2D eigenvalue weighted by Gasteiger charge is 2.53. The summed E-state index contributed by atoms with van der Waals surface area (Å²) in [5.41, 5.74) is -1.13. The second-order valence-corrected chi connectivity index (χ2v) is 7.77. The molecule has 0 radical (unpaired) electrons. The highest BCUT2D eigenvalue weighted by atomic mass is 19.1. The fraction of sp³-hybridized carbons (Fsp3) is 0.600. The van der Waals surface area contributed by atoms with Gasteiger partial charge in [-0.2, -0.15) is 0 Å². The van der Waals surface area contributed by atoms with E-state index in [9.17, 15) is 18.4 Å². The maximum atomic E-state index is 14.3. The smallest absolute Gasteiger partial charge is 0.259 e. The van der Waals surface area contributed by atoms with E-state index >= 15 is 0 Å². The molecule has 1 saturated carbocycles. The summed E-state index contributed by atoms with van der Waals surface area (Å²) in [6.07, 6.45) is 3.99. The molecule has 1 spiro atoms. The molecule has 1 saturated heterocycles. The van der Waals surface area contributed by atoms with Crippen LogP contribution in [0.4, 0.5) is 8.78 Å². The highest BCUT2D eigenvalue weighted by molar-refractivity contribution is 5.98. The zero-order chi connectivity index (χ0) is 19.6. The third-order valence-corrected chi connectivity index (χ3v) is 5.26. The molecule has 1 aliphatic carbocycles. The van der Waals surface area contributed by atoms with Crippen LogP contribution in [-0.4, -0.2) is 41.6 Å². The molecule has 1 atom stereocenters. The van der Waals surface area contributed by atoms with Gasteiger partial charge < -0.3 is 10.1 Å². The van der Waals surface area contributed by atoms with Crippen molar-refractivity contribution in [3.05, 3.63) is 35.4 Å². The molecule has 0 aromatic heterocycles. The van der Waals surface area contributed by atoms with Gasteiger partial charge in [0.05, 0.1) is 12.2 Å². The van der Waals surface area contributed by atoms with Gasteiger partial charge >= 0.3 is 0 Å². The van der Waals surface area contributed by atoms with E-state index in [1.54, 1.807) is 0 Å². The number of halogens is 2. The number of nitrogens with zero attached hydrogens (tertiary/aromatic N) is 1. The van der Waals surface area contributed by atoms with Crippen molar-refractivity contribution in [1.29, 1.82) is 0 Å². The average molecular weight is 380 g/mol. The van der Waals surface area contributed by atoms with Gasteiger partial charge in [0.2, 0.25) is 5.91 Å². The number of hydrogen-bond donors (Lipinski definition) is 1. The predicted octanol–water partition coefficient (Wildman–Crippen LogP) is 3.24. The summed E-state index contributed by atoms with van der Waals surface area (Å²) < 4.78 is 33.5. The summed E-state index contributed by atoms with van der Waals surface area (Å²) in [5.74, 6) is -2.35. The van der Waals surface area contributed by atoms with E-state index in [-0.39, 0.29) is 24.0 Å². The Morgan fingerprint density at radius 1 is 1.26 bits per heavy atom. The molecule has 0 bridgehead atoms. The van der Waals surface area contributed by atoms with Crippen LogP contribution in [0.15, 0.2) is 18.2 Å². The molecule has 148 valence electrons. The number of carbonyl (C=O) groups excluding carboxylic acids is 2. The molecule has 27 heavy (non-hydrogen) atoms. The summed E-state index contributed by atoms with van der Waals surface area (Å²) in [5, 5.41) is 2.84. The van der Waals surface area contributed by atoms with Crippen molar-refractivity contribution in [3.8, 4) is 0 Å². The van der Waals surface area contributed by atoms with Crippen LogP contribution in [0.3, 0.4) is 0 Å². The largest absolute Gasteiger partial charge is 0.354 e. The summed E-state index contributed by atoms with van der Waals surface area (Å²) in [7, 11) is 0. The van der Waals surface area contributed by atoms with E-state index in [0.717, 1.165) is 31.4 Å². The SMILES string of the molecule is CC(C)CNC(=O)C1COC2(CCCCC2)N1C(=O)c1ccc(F)cc1F. The highest BCUT2D eigenvalue weighted by Crippen LogP contribution is 2.41. The molecule has 7 heteroatoms. The molecule has 2 fully saturated rings. The van der Waals surface area contributed by atoms with Crippen LogP contribution in [-0.2, 0) is 9.53 Å². The Morgan fingerprint density at radius 2 is 1.96 bits per heavy atom. The van der Waals surface area contributed by atoms with E-state index in [1.165, 1.54) is 4.90 Å². The number of amides is 2. The topological polar surface area (TPSA) is 58.6 Å². The van der Waals surface area contributed by atoms with Gasteiger partial charge in [0.15, 0.2) is 0 Å². The number of nitrogens with one attached hydrogen (secondary N) is 1. The van der Waals surface area contributed by atoms with Gasteiger partial charge in [-0.05, 0) is 43.7 Å². The maximum absolute atomic E-state index is 14.3. The first kappa shape index (κ1) is 19.7. The van der Waals surface area contributed by atoms with Crippen molar-refractivity contribution in [2.75, 3.05) is 13.2 Å². The third kappa shape index (κ3) is 3.98. The first-order valence-electron chi connectivity index (χ1n) is 9.54. The zero-order valence-corrected chi connectivity index (χ0v) is 15.8. The summed E-state index contributed by atoms with van der Waals surface area (Å²) in [4.78, 5) is 27.3. The van der Waals surface area contributed by atoms with Gasteiger partial charge in [-0.1, -0.05) is 20.3 Å². The number of carbonyl (C=O) groups is 2. The number of ether oxygens (including phenoxy) is 1. The number of benzene rings is 1. The van der Waals surface area contributed by atoms with Crippen LogP contribution in [0.1, 0.15) is 56.3 Å². The molecule has 1 aromatic rings. The molecule has 1 aliphatic heterocycles. The van der Waals surface area contributed by atoms with Crippen LogP contribution in [0.2, 0.25) is 0 Å². The monoisotopic (exact) mass is 380 g/mol. The van der Waals surface area contributed by atoms with Gasteiger partial charge in [0.25, 0.3) is 5.91 Å². The molecule has 3 rings (SSSR count). The number of rotatable bonds is 4. The Bertz CT molecular complexity index is 717. The molecule has 1 N–H and O–H groups in total. The second-order valence-electron chi connectivity index (χ2n) is 7.77. The van der Waals surface area contributed by atoms with Gasteiger partial charge in [-0.15, -0.1) is 0 Å². The third-order valence-electron chi connectivity index (χ3n) is 5.26. The molecule has 1 aromatic carbocycles. The number of hydrogen-bond acceptors (Lipinski definition) is 3. The van der Waals surface area contributed by atoms with Crippen LogP contribution in [0.25, 0.3) is 0 Å². The quantitative estimate of drug-likeness (QED) is 0.872. The van der Waals surface area contributed by atoms with Crippen LogP contribution >= 0.6 is 0 Å². The Balaban J connectivity index is 1.92. The first-order chi connectivity index (χ1) is 12.8. The molecule has 1 unspecified atom stereocenters. The molecular weight excluding hydrogens is 354 g/mol. The molecule has 2 amide bonds. The van der Waals surface area contributed by atoms with Crippen LogP contribution in [0, 0.1) is 17.6 Å². The van der Waals surface area contributed by atoms with Crippen LogP contribution < -0.4 is 5.32 Å². The lowest BCUT2D eigenvalue weighted by atomic mass is 9.89. The minimum absolute atomic E-state index is 0.0818. The summed E-state index contributed by atoms with van der Waals surface area (Å²) in [6.45, 7) is 4.52. The Labute approximate surface area is 158 Å². The van der Waals surface area contributed by atoms with E-state index in [1.807, 2.05) is 13.8 Å². The fourth-order valence-corrected chi connectivity index (χ4v) is 3.89. The van der Waals surface area contributed by atoms with E-state index in [0.29, 0.717) is 25.5 Å². The zero-order valence-electron chi connectivity index (χ0n) is 15.8. The molecule has 2 aliphatic rings. The maximum Gasteiger partial charge on any atom is 0.259 e. The Morgan fingerprint density at radius 3 is 2.59 bits per heavy atom. The van der Waals surface area contributed by atoms with E-state index in [4.69, 9.17) is 4.74 Å². The standard InChI is InChI=1S/C20H26F2N2O3/c1-13(2)11-23-18(25)17-12-27-20(8-4-3-5-9-20)24(17)19(26)15-7-6-14(21)10-16(15)22/h6-7,10,13,17H,3-5,8-9,11-12H2,1-2H3,(H,23,25). The van der Waals surface area contributed by atoms with Gasteiger partial charge in [0.1, 0.15) is 23.4 Å². The van der Waals surface area contributed by atoms with Crippen molar-refractivity contribution >= 4 is 11.8 Å². The van der Waals surface area contributed by atoms with Crippen molar-refractivity contribution < 1.29 is 23.1 Å². The van der Waals surface area contributed by atoms with E-state index in [2.05, 4.69) is 5.32 Å². The minimum atomic E-state index is -0.931. The van der Waals surface area contributed by atoms with Crippen molar-refractivity contribution in [3.63, 3.8) is 0 Å². The Hall–Kier alpha value is -2.02. The summed E-state index contributed by atoms with van der Waals surface area (Å²) in [6, 6.07) is 2.05. The lowest BCUT2D eigenvalue weighted by molar-refractivity contribution is -0.127. The Kier molecular flexibility index (Phi) is 5.79. The minimum Gasteiger partial charge on any atom is -0.354 e. The van der Waals surface area contributed by atoms with Crippen molar-refractivity contribution in [2.45, 2.75) is 57.7 Å². The van der Waals surface area contributed by atoms with E-state index < -0.39 is 29.3 Å². The van der Waals surface area contributed by atoms with Crippen molar-refractivity contribution in [2.24, 2.45) is 5.92 Å². The van der Waals surface area contributed by atoms with Crippen LogP contribution in [0.5, 0.6) is 0 Å². The lowest BCUT2D eigenvalue weighted by Gasteiger charge is -2.41. The van der Waals surface area contributed by atoms with Crippen molar-refractivity contribution in [1.82, 2.24) is 10.2 Å². The summed E-state index contributed by atoms with van der Waals surface area (Å²) >= 11 is 0. The fourth-order valence-electron chi connectivity index (χ4n) is 3.89. The normalized spacial score (nSPS) is 21.7. The average Bonchev–Trinajstić information content (AvgIpc) is 2.98. The lowest BCUT2D eigenvalue weighted by Crippen LogP contribution is -2.56.